The Bertz CT molecular complexity index is 3320. The summed E-state index contributed by atoms with van der Waals surface area (Å²) >= 11 is 1.85. The van der Waals surface area contributed by atoms with Crippen LogP contribution < -0.4 is 9.80 Å². The van der Waals surface area contributed by atoms with Crippen LogP contribution in [0.5, 0.6) is 0 Å². The first kappa shape index (κ1) is 33.4. The summed E-state index contributed by atoms with van der Waals surface area (Å²) in [6.45, 7) is 4.24. The molecule has 5 heteroatoms. The van der Waals surface area contributed by atoms with E-state index in [2.05, 4.69) is 169 Å². The smallest absolute Gasteiger partial charge is 0.137 e. The third-order valence-electron chi connectivity index (χ3n) is 11.3. The number of halogens is 1. The second kappa shape index (κ2) is 13.1. The molecule has 0 aliphatic rings. The average Bonchev–Trinajstić information content (AvgIpc) is 3.82. The predicted molar refractivity (Wildman–Crippen MR) is 240 cm³/mol. The quantitative estimate of drug-likeness (QED) is 0.169. The largest absolute Gasteiger partial charge is 0.456 e. The molecule has 0 aliphatic heterocycles. The summed E-state index contributed by atoms with van der Waals surface area (Å²) in [5.74, 6) is -0.283. The van der Waals surface area contributed by atoms with E-state index in [-0.39, 0.29) is 5.82 Å². The minimum absolute atomic E-state index is 0.283. The topological polar surface area (TPSA) is 19.6 Å². The molecule has 0 bridgehead atoms. The predicted octanol–water partition coefficient (Wildman–Crippen LogP) is 16.0. The van der Waals surface area contributed by atoms with Gasteiger partial charge in [0.05, 0.1) is 16.8 Å². The number of fused-ring (bicyclic) bond motifs is 10. The van der Waals surface area contributed by atoms with Gasteiger partial charge in [-0.15, -0.1) is 11.3 Å². The van der Waals surface area contributed by atoms with Crippen LogP contribution in [-0.4, -0.2) is 0 Å². The molecule has 9 aromatic carbocycles. The van der Waals surface area contributed by atoms with E-state index in [1.807, 2.05) is 23.5 Å². The van der Waals surface area contributed by atoms with Crippen molar-refractivity contribution in [3.8, 4) is 0 Å². The van der Waals surface area contributed by atoms with Crippen molar-refractivity contribution >= 4 is 109 Å². The molecule has 2 aromatic heterocycles. The van der Waals surface area contributed by atoms with Gasteiger partial charge in [-0.3, -0.25) is 0 Å². The molecule has 0 spiro atoms. The summed E-state index contributed by atoms with van der Waals surface area (Å²) in [5, 5.41) is 9.55. The lowest BCUT2D eigenvalue weighted by atomic mass is 9.97. The lowest BCUT2D eigenvalue weighted by molar-refractivity contribution is 0.628. The van der Waals surface area contributed by atoms with Gasteiger partial charge in [0, 0.05) is 53.7 Å². The fourth-order valence-corrected chi connectivity index (χ4v) is 10.0. The third kappa shape index (κ3) is 5.31. The Hall–Kier alpha value is -6.95. The summed E-state index contributed by atoms with van der Waals surface area (Å²) in [6.07, 6.45) is 0. The molecule has 0 saturated heterocycles. The molecule has 0 atom stereocenters. The van der Waals surface area contributed by atoms with E-state index in [0.29, 0.717) is 0 Å². The summed E-state index contributed by atoms with van der Waals surface area (Å²) in [4.78, 5) is 4.55. The highest BCUT2D eigenvalue weighted by atomic mass is 32.1. The highest BCUT2D eigenvalue weighted by Crippen LogP contribution is 2.51. The fraction of sp³-hybridized carbons (Fsp3) is 0.0385. The summed E-state index contributed by atoms with van der Waals surface area (Å²) in [7, 11) is 0. The van der Waals surface area contributed by atoms with Gasteiger partial charge >= 0.3 is 0 Å². The molecule has 0 aliphatic carbocycles. The van der Waals surface area contributed by atoms with Gasteiger partial charge in [0.2, 0.25) is 0 Å². The van der Waals surface area contributed by atoms with Gasteiger partial charge in [0.25, 0.3) is 0 Å². The molecule has 272 valence electrons. The first-order chi connectivity index (χ1) is 28.0. The minimum atomic E-state index is -0.283. The average molecular weight is 755 g/mol. The number of thiophene rings is 1. The Labute approximate surface area is 333 Å². The van der Waals surface area contributed by atoms with Crippen LogP contribution in [0.4, 0.5) is 38.5 Å². The second-order valence-electron chi connectivity index (χ2n) is 14.7. The number of rotatable bonds is 6. The van der Waals surface area contributed by atoms with Gasteiger partial charge < -0.3 is 14.2 Å². The molecular weight excluding hydrogens is 720 g/mol. The van der Waals surface area contributed by atoms with E-state index < -0.39 is 0 Å². The normalized spacial score (nSPS) is 11.8. The molecule has 11 aromatic rings. The van der Waals surface area contributed by atoms with E-state index >= 15 is 0 Å². The van der Waals surface area contributed by atoms with Crippen LogP contribution in [0, 0.1) is 19.7 Å². The molecule has 0 fully saturated rings. The van der Waals surface area contributed by atoms with E-state index in [1.54, 1.807) is 12.1 Å². The SMILES string of the molecule is Cc1cccc(N(c2cccc(F)c2)c2ccc3oc4cccc(N(c5ccccc5)c5cc6sc7ccc8ccccc8c7c6c6ccccc56)c4c3c2C)c1. The van der Waals surface area contributed by atoms with Crippen molar-refractivity contribution in [2.75, 3.05) is 9.80 Å². The van der Waals surface area contributed by atoms with Crippen molar-refractivity contribution in [2.45, 2.75) is 13.8 Å². The van der Waals surface area contributed by atoms with Gasteiger partial charge in [0.1, 0.15) is 17.0 Å². The molecule has 0 unspecified atom stereocenters. The molecule has 3 nitrogen and oxygen atoms in total. The molecule has 11 rings (SSSR count). The van der Waals surface area contributed by atoms with Crippen LogP contribution in [-0.2, 0) is 0 Å². The molecule has 57 heavy (non-hydrogen) atoms. The molecular formula is C52H35FN2OS. The van der Waals surface area contributed by atoms with Crippen LogP contribution in [0.1, 0.15) is 11.1 Å². The summed E-state index contributed by atoms with van der Waals surface area (Å²) in [5.41, 5.74) is 9.57. The van der Waals surface area contributed by atoms with Crippen LogP contribution in [0.25, 0.3) is 63.7 Å². The van der Waals surface area contributed by atoms with Crippen molar-refractivity contribution in [3.05, 3.63) is 193 Å². The summed E-state index contributed by atoms with van der Waals surface area (Å²) in [6, 6.07) is 60.7. The maximum atomic E-state index is 14.9. The Kier molecular flexibility index (Phi) is 7.66. The number of hydrogen-bond donors (Lipinski definition) is 0. The van der Waals surface area contributed by atoms with Crippen LogP contribution in [0.2, 0.25) is 0 Å². The Morgan fingerprint density at radius 2 is 1.12 bits per heavy atom. The van der Waals surface area contributed by atoms with Crippen LogP contribution >= 0.6 is 11.3 Å². The molecule has 0 N–H and O–H groups in total. The lowest BCUT2D eigenvalue weighted by Crippen LogP contribution is -2.12. The van der Waals surface area contributed by atoms with Crippen molar-refractivity contribution < 1.29 is 8.81 Å². The Morgan fingerprint density at radius 3 is 1.95 bits per heavy atom. The molecule has 0 saturated carbocycles. The van der Waals surface area contributed by atoms with E-state index in [4.69, 9.17) is 4.42 Å². The monoisotopic (exact) mass is 754 g/mol. The minimum Gasteiger partial charge on any atom is -0.456 e. The van der Waals surface area contributed by atoms with E-state index in [1.165, 1.54) is 47.8 Å². The Morgan fingerprint density at radius 1 is 0.439 bits per heavy atom. The Balaban J connectivity index is 1.21. The number of aryl methyl sites for hydroxylation is 2. The molecule has 0 amide bonds. The van der Waals surface area contributed by atoms with Gasteiger partial charge in [-0.05, 0) is 120 Å². The van der Waals surface area contributed by atoms with Crippen LogP contribution in [0.15, 0.2) is 180 Å². The van der Waals surface area contributed by atoms with Crippen LogP contribution in [0.3, 0.4) is 0 Å². The van der Waals surface area contributed by atoms with Crippen molar-refractivity contribution in [3.63, 3.8) is 0 Å². The number of nitrogens with zero attached hydrogens (tertiary/aromatic N) is 2. The van der Waals surface area contributed by atoms with Gasteiger partial charge in [-0.25, -0.2) is 4.39 Å². The van der Waals surface area contributed by atoms with Crippen molar-refractivity contribution in [1.82, 2.24) is 0 Å². The first-order valence-electron chi connectivity index (χ1n) is 19.2. The third-order valence-corrected chi connectivity index (χ3v) is 12.4. The maximum Gasteiger partial charge on any atom is 0.137 e. The highest BCUT2D eigenvalue weighted by molar-refractivity contribution is 7.26. The number of para-hydroxylation sites is 1. The number of anilines is 6. The van der Waals surface area contributed by atoms with E-state index in [0.717, 1.165) is 67.2 Å². The second-order valence-corrected chi connectivity index (χ2v) is 15.8. The zero-order valence-electron chi connectivity index (χ0n) is 31.3. The number of furan rings is 1. The zero-order valence-corrected chi connectivity index (χ0v) is 32.1. The maximum absolute atomic E-state index is 14.9. The molecule has 0 radical (unpaired) electrons. The fourth-order valence-electron chi connectivity index (χ4n) is 8.84. The molecule has 2 heterocycles. The van der Waals surface area contributed by atoms with Gasteiger partial charge in [0.15, 0.2) is 0 Å². The van der Waals surface area contributed by atoms with Crippen molar-refractivity contribution in [1.29, 1.82) is 0 Å². The number of hydrogen-bond acceptors (Lipinski definition) is 4. The number of benzene rings is 9. The van der Waals surface area contributed by atoms with E-state index in [9.17, 15) is 4.39 Å². The first-order valence-corrected chi connectivity index (χ1v) is 20.0. The standard InChI is InChI=1S/C52H35FN2OS/c1-32-13-10-18-37(29-32)54(38-19-11-15-35(53)30-38)42-26-27-46-49(33(42)2)52-43(23-12-24-45(52)56-46)55(36-16-4-3-5-17-36)44-31-48-51(41-22-9-8-21-40(41)44)50-39-20-7-6-14-34(39)25-28-47(50)57-48/h3-31H,1-2H3. The lowest BCUT2D eigenvalue weighted by Gasteiger charge is -2.29. The zero-order chi connectivity index (χ0) is 38.2. The van der Waals surface area contributed by atoms with Crippen molar-refractivity contribution in [2.24, 2.45) is 0 Å². The van der Waals surface area contributed by atoms with Gasteiger partial charge in [-0.2, -0.15) is 0 Å². The van der Waals surface area contributed by atoms with Gasteiger partial charge in [-0.1, -0.05) is 97.1 Å². The highest BCUT2D eigenvalue weighted by Gasteiger charge is 2.26. The summed E-state index contributed by atoms with van der Waals surface area (Å²) < 4.78 is 24.1.